The van der Waals surface area contributed by atoms with Crippen LogP contribution in [0.5, 0.6) is 0 Å². The smallest absolute Gasteiger partial charge is 0.134 e. The van der Waals surface area contributed by atoms with E-state index in [4.69, 9.17) is 4.98 Å². The summed E-state index contributed by atoms with van der Waals surface area (Å²) in [5.41, 5.74) is 0. The Hall–Kier alpha value is -0.640. The molecule has 1 unspecified atom stereocenters. The summed E-state index contributed by atoms with van der Waals surface area (Å²) in [7, 11) is 0. The number of halogens is 1. The predicted molar refractivity (Wildman–Crippen MR) is 79.0 cm³/mol. The summed E-state index contributed by atoms with van der Waals surface area (Å²) in [5.74, 6) is 3.22. The highest BCUT2D eigenvalue weighted by atomic mass is 79.9. The van der Waals surface area contributed by atoms with Crippen molar-refractivity contribution in [1.29, 1.82) is 0 Å². The van der Waals surface area contributed by atoms with Crippen molar-refractivity contribution in [2.24, 2.45) is 5.92 Å². The highest BCUT2D eigenvalue weighted by Gasteiger charge is 2.23. The molecule has 1 aliphatic rings. The molecule has 0 bridgehead atoms. The lowest BCUT2D eigenvalue weighted by Crippen LogP contribution is -2.21. The van der Waals surface area contributed by atoms with Gasteiger partial charge >= 0.3 is 0 Å². The van der Waals surface area contributed by atoms with E-state index in [-0.39, 0.29) is 0 Å². The number of anilines is 1. The molecule has 0 radical (unpaired) electrons. The summed E-state index contributed by atoms with van der Waals surface area (Å²) in [5, 5.41) is 0. The molecule has 2 heterocycles. The number of hydrogen-bond acceptors (Lipinski definition) is 3. The number of hydrogen-bond donors (Lipinski definition) is 0. The molecule has 0 spiro atoms. The fraction of sp³-hybridized carbons (Fsp3) is 0.714. The van der Waals surface area contributed by atoms with Crippen LogP contribution in [0.3, 0.4) is 0 Å². The second-order valence-electron chi connectivity index (χ2n) is 5.45. The lowest BCUT2D eigenvalue weighted by Gasteiger charge is -2.19. The van der Waals surface area contributed by atoms with Crippen LogP contribution in [0, 0.1) is 5.92 Å². The first-order valence-corrected chi connectivity index (χ1v) is 7.69. The average Bonchev–Trinajstić information content (AvgIpc) is 2.77. The summed E-state index contributed by atoms with van der Waals surface area (Å²) in [6.45, 7) is 8.81. The minimum absolute atomic E-state index is 0.371. The predicted octanol–water partition coefficient (Wildman–Crippen LogP) is 3.99. The average molecular weight is 312 g/mol. The van der Waals surface area contributed by atoms with E-state index in [0.717, 1.165) is 35.3 Å². The van der Waals surface area contributed by atoms with Crippen molar-refractivity contribution >= 4 is 21.7 Å². The minimum atomic E-state index is 0.371. The van der Waals surface area contributed by atoms with E-state index in [1.165, 1.54) is 19.3 Å². The van der Waals surface area contributed by atoms with E-state index < -0.39 is 0 Å². The number of rotatable bonds is 4. The zero-order valence-corrected chi connectivity index (χ0v) is 13.1. The summed E-state index contributed by atoms with van der Waals surface area (Å²) in [6, 6.07) is 2.04. The van der Waals surface area contributed by atoms with Crippen LogP contribution in [0.4, 0.5) is 5.82 Å². The highest BCUT2D eigenvalue weighted by Crippen LogP contribution is 2.27. The van der Waals surface area contributed by atoms with Crippen LogP contribution >= 0.6 is 15.9 Å². The third kappa shape index (κ3) is 3.22. The molecule has 100 valence electrons. The molecule has 0 saturated carbocycles. The quantitative estimate of drug-likeness (QED) is 0.787. The number of aromatic nitrogens is 2. The first-order valence-electron chi connectivity index (χ1n) is 6.89. The van der Waals surface area contributed by atoms with Gasteiger partial charge in [0, 0.05) is 25.1 Å². The molecule has 1 saturated heterocycles. The van der Waals surface area contributed by atoms with Gasteiger partial charge in [-0.3, -0.25) is 0 Å². The third-order valence-corrected chi connectivity index (χ3v) is 3.93. The molecule has 0 aliphatic carbocycles. The second kappa shape index (κ2) is 6.00. The Morgan fingerprint density at radius 1 is 1.44 bits per heavy atom. The number of nitrogens with zero attached hydrogens (tertiary/aromatic N) is 3. The molecule has 2 rings (SSSR count). The van der Waals surface area contributed by atoms with Gasteiger partial charge in [-0.1, -0.05) is 27.2 Å². The van der Waals surface area contributed by atoms with Crippen LogP contribution in [0.2, 0.25) is 0 Å². The van der Waals surface area contributed by atoms with E-state index in [1.807, 2.05) is 6.07 Å². The molecule has 1 aromatic heterocycles. The van der Waals surface area contributed by atoms with Crippen LogP contribution in [0.1, 0.15) is 51.8 Å². The molecule has 0 aromatic carbocycles. The highest BCUT2D eigenvalue weighted by molar-refractivity contribution is 9.10. The lowest BCUT2D eigenvalue weighted by molar-refractivity contribution is 0.529. The van der Waals surface area contributed by atoms with Crippen molar-refractivity contribution in [3.63, 3.8) is 0 Å². The third-order valence-electron chi connectivity index (χ3n) is 3.52. The largest absolute Gasteiger partial charge is 0.356 e. The first kappa shape index (κ1) is 13.8. The van der Waals surface area contributed by atoms with Crippen LogP contribution in [-0.2, 0) is 0 Å². The molecule has 1 aliphatic heterocycles. The van der Waals surface area contributed by atoms with E-state index in [9.17, 15) is 0 Å². The summed E-state index contributed by atoms with van der Waals surface area (Å²) >= 11 is 3.50. The van der Waals surface area contributed by atoms with Crippen LogP contribution in [0.15, 0.2) is 10.7 Å². The summed E-state index contributed by atoms with van der Waals surface area (Å²) < 4.78 is 0.898. The van der Waals surface area contributed by atoms with Crippen molar-refractivity contribution in [3.8, 4) is 0 Å². The van der Waals surface area contributed by atoms with Gasteiger partial charge in [-0.2, -0.15) is 0 Å². The van der Waals surface area contributed by atoms with Crippen molar-refractivity contribution in [3.05, 3.63) is 16.5 Å². The monoisotopic (exact) mass is 311 g/mol. The Kier molecular flexibility index (Phi) is 4.60. The van der Waals surface area contributed by atoms with Gasteiger partial charge in [0.2, 0.25) is 0 Å². The first-order chi connectivity index (χ1) is 8.60. The van der Waals surface area contributed by atoms with Crippen LogP contribution < -0.4 is 4.90 Å². The van der Waals surface area contributed by atoms with Crippen LogP contribution in [0.25, 0.3) is 0 Å². The molecule has 1 atom stereocenters. The Bertz CT molecular complexity index is 406. The van der Waals surface area contributed by atoms with E-state index >= 15 is 0 Å². The molecule has 4 heteroatoms. The zero-order chi connectivity index (χ0) is 13.1. The topological polar surface area (TPSA) is 29.0 Å². The van der Waals surface area contributed by atoms with Gasteiger partial charge in [0.15, 0.2) is 0 Å². The minimum Gasteiger partial charge on any atom is -0.356 e. The van der Waals surface area contributed by atoms with Gasteiger partial charge < -0.3 is 4.90 Å². The Balaban J connectivity index is 2.14. The normalized spacial score (nSPS) is 19.8. The molecular formula is C14H22BrN3. The fourth-order valence-electron chi connectivity index (χ4n) is 2.53. The van der Waals surface area contributed by atoms with Gasteiger partial charge in [0.1, 0.15) is 16.2 Å². The molecule has 18 heavy (non-hydrogen) atoms. The SMILES string of the molecule is CCCC1CCN(c2cc(Br)nc(C(C)C)n2)C1. The van der Waals surface area contributed by atoms with Crippen molar-refractivity contribution in [2.75, 3.05) is 18.0 Å². The molecule has 3 nitrogen and oxygen atoms in total. The maximum absolute atomic E-state index is 4.69. The lowest BCUT2D eigenvalue weighted by atomic mass is 10.0. The van der Waals surface area contributed by atoms with Crippen molar-refractivity contribution in [1.82, 2.24) is 9.97 Å². The van der Waals surface area contributed by atoms with E-state index in [1.54, 1.807) is 0 Å². The Labute approximate surface area is 118 Å². The van der Waals surface area contributed by atoms with Crippen LogP contribution in [-0.4, -0.2) is 23.1 Å². The van der Waals surface area contributed by atoms with Gasteiger partial charge in [-0.05, 0) is 34.7 Å². The Morgan fingerprint density at radius 2 is 2.22 bits per heavy atom. The summed E-state index contributed by atoms with van der Waals surface area (Å²) in [6.07, 6.45) is 3.91. The zero-order valence-electron chi connectivity index (χ0n) is 11.5. The summed E-state index contributed by atoms with van der Waals surface area (Å²) in [4.78, 5) is 11.5. The molecule has 0 amide bonds. The van der Waals surface area contributed by atoms with Gasteiger partial charge in [0.25, 0.3) is 0 Å². The molecule has 1 fully saturated rings. The maximum Gasteiger partial charge on any atom is 0.134 e. The van der Waals surface area contributed by atoms with Crippen molar-refractivity contribution < 1.29 is 0 Å². The van der Waals surface area contributed by atoms with Gasteiger partial charge in [-0.15, -0.1) is 0 Å². The maximum atomic E-state index is 4.69. The van der Waals surface area contributed by atoms with Gasteiger partial charge in [-0.25, -0.2) is 9.97 Å². The Morgan fingerprint density at radius 3 is 2.89 bits per heavy atom. The van der Waals surface area contributed by atoms with E-state index in [0.29, 0.717) is 5.92 Å². The molecule has 1 aromatic rings. The fourth-order valence-corrected chi connectivity index (χ4v) is 2.91. The standard InChI is InChI=1S/C14H22BrN3/c1-4-5-11-6-7-18(9-11)13-8-12(15)16-14(17-13)10(2)3/h8,10-11H,4-7,9H2,1-3H3. The molecule has 0 N–H and O–H groups in total. The van der Waals surface area contributed by atoms with Crippen molar-refractivity contribution in [2.45, 2.75) is 46.0 Å². The second-order valence-corrected chi connectivity index (χ2v) is 6.26. The van der Waals surface area contributed by atoms with E-state index in [2.05, 4.69) is 46.6 Å². The molecular weight excluding hydrogens is 290 g/mol. The van der Waals surface area contributed by atoms with Gasteiger partial charge in [0.05, 0.1) is 0 Å².